The monoisotopic (exact) mass is 392 g/mol. The Balaban J connectivity index is 1.56. The van der Waals surface area contributed by atoms with Crippen LogP contribution in [0.4, 0.5) is 0 Å². The van der Waals surface area contributed by atoms with Crippen LogP contribution in [0.5, 0.6) is 0 Å². The molecule has 1 aliphatic carbocycles. The van der Waals surface area contributed by atoms with Gasteiger partial charge in [0.05, 0.1) is 10.8 Å². The van der Waals surface area contributed by atoms with Gasteiger partial charge in [-0.1, -0.05) is 67.6 Å². The highest BCUT2D eigenvalue weighted by atomic mass is 35.5. The van der Waals surface area contributed by atoms with Gasteiger partial charge in [0, 0.05) is 18.7 Å². The largest absolute Gasteiger partial charge is 0.353 e. The quantitative estimate of drug-likeness (QED) is 0.763. The molecule has 3 rings (SSSR count). The Bertz CT molecular complexity index is 741. The SMILES string of the molecule is Cn1c(SCC(=O)NC2CCCCCCC2)nnc1-c1ccccc1Cl. The van der Waals surface area contributed by atoms with Crippen molar-refractivity contribution in [3.63, 3.8) is 0 Å². The van der Waals surface area contributed by atoms with E-state index in [1.807, 2.05) is 35.9 Å². The molecule has 1 saturated carbocycles. The summed E-state index contributed by atoms with van der Waals surface area (Å²) < 4.78 is 1.88. The van der Waals surface area contributed by atoms with E-state index in [9.17, 15) is 4.79 Å². The number of carbonyl (C=O) groups is 1. The number of hydrogen-bond acceptors (Lipinski definition) is 4. The minimum Gasteiger partial charge on any atom is -0.353 e. The zero-order valence-corrected chi connectivity index (χ0v) is 16.7. The molecule has 1 heterocycles. The Morgan fingerprint density at radius 2 is 1.88 bits per heavy atom. The average molecular weight is 393 g/mol. The van der Waals surface area contributed by atoms with Gasteiger partial charge in [-0.05, 0) is 25.0 Å². The zero-order valence-electron chi connectivity index (χ0n) is 15.1. The van der Waals surface area contributed by atoms with Gasteiger partial charge >= 0.3 is 0 Å². The summed E-state index contributed by atoms with van der Waals surface area (Å²) in [4.78, 5) is 12.3. The molecule has 26 heavy (non-hydrogen) atoms. The number of hydrogen-bond donors (Lipinski definition) is 1. The maximum absolute atomic E-state index is 12.3. The van der Waals surface area contributed by atoms with Gasteiger partial charge in [-0.3, -0.25) is 4.79 Å². The molecule has 1 aromatic carbocycles. The van der Waals surface area contributed by atoms with Crippen LogP contribution < -0.4 is 5.32 Å². The van der Waals surface area contributed by atoms with Gasteiger partial charge in [0.15, 0.2) is 11.0 Å². The smallest absolute Gasteiger partial charge is 0.230 e. The molecule has 0 saturated heterocycles. The van der Waals surface area contributed by atoms with Gasteiger partial charge in [-0.25, -0.2) is 0 Å². The molecule has 7 heteroatoms. The minimum atomic E-state index is 0.0721. The lowest BCUT2D eigenvalue weighted by atomic mass is 9.97. The number of thioether (sulfide) groups is 1. The van der Waals surface area contributed by atoms with Crippen LogP contribution in [-0.4, -0.2) is 32.5 Å². The molecule has 0 unspecified atom stereocenters. The number of nitrogens with one attached hydrogen (secondary N) is 1. The molecule has 0 radical (unpaired) electrons. The van der Waals surface area contributed by atoms with E-state index in [1.165, 1.54) is 43.9 Å². The summed E-state index contributed by atoms with van der Waals surface area (Å²) in [7, 11) is 1.90. The molecule has 0 spiro atoms. The fourth-order valence-electron chi connectivity index (χ4n) is 3.32. The number of amides is 1. The lowest BCUT2D eigenvalue weighted by molar-refractivity contribution is -0.119. The first-order chi connectivity index (χ1) is 12.6. The number of nitrogens with zero attached hydrogens (tertiary/aromatic N) is 3. The molecular weight excluding hydrogens is 368 g/mol. The molecule has 1 N–H and O–H groups in total. The van der Waals surface area contributed by atoms with E-state index in [0.717, 1.165) is 18.4 Å². The first kappa shape index (κ1) is 19.2. The fourth-order valence-corrected chi connectivity index (χ4v) is 4.26. The number of halogens is 1. The molecule has 1 amide bonds. The van der Waals surface area contributed by atoms with E-state index in [4.69, 9.17) is 11.6 Å². The van der Waals surface area contributed by atoms with Crippen LogP contribution >= 0.6 is 23.4 Å². The van der Waals surface area contributed by atoms with E-state index in [-0.39, 0.29) is 5.91 Å². The number of rotatable bonds is 5. The van der Waals surface area contributed by atoms with Crippen LogP contribution in [0.15, 0.2) is 29.4 Å². The summed E-state index contributed by atoms with van der Waals surface area (Å²) in [6, 6.07) is 7.88. The highest BCUT2D eigenvalue weighted by Gasteiger charge is 2.17. The van der Waals surface area contributed by atoms with Crippen molar-refractivity contribution in [2.24, 2.45) is 7.05 Å². The van der Waals surface area contributed by atoms with E-state index in [1.54, 1.807) is 0 Å². The second kappa shape index (κ2) is 9.42. The van der Waals surface area contributed by atoms with Crippen LogP contribution in [0.25, 0.3) is 11.4 Å². The predicted molar refractivity (Wildman–Crippen MR) is 106 cm³/mol. The molecule has 1 aromatic heterocycles. The Morgan fingerprint density at radius 1 is 1.19 bits per heavy atom. The Hall–Kier alpha value is -1.53. The summed E-state index contributed by atoms with van der Waals surface area (Å²) in [6.07, 6.45) is 8.51. The normalized spacial score (nSPS) is 16.1. The summed E-state index contributed by atoms with van der Waals surface area (Å²) in [5.41, 5.74) is 0.843. The van der Waals surface area contributed by atoms with Crippen molar-refractivity contribution < 1.29 is 4.79 Å². The van der Waals surface area contributed by atoms with Gasteiger partial charge in [0.1, 0.15) is 0 Å². The Morgan fingerprint density at radius 3 is 2.62 bits per heavy atom. The summed E-state index contributed by atoms with van der Waals surface area (Å²) in [5.74, 6) is 1.13. The molecule has 5 nitrogen and oxygen atoms in total. The molecule has 1 fully saturated rings. The number of benzene rings is 1. The fraction of sp³-hybridized carbons (Fsp3) is 0.526. The molecular formula is C19H25ClN4OS. The van der Waals surface area contributed by atoms with Gasteiger partial charge in [0.25, 0.3) is 0 Å². The predicted octanol–water partition coefficient (Wildman–Crippen LogP) is 4.46. The third-order valence-corrected chi connectivity index (χ3v) is 6.10. The molecule has 0 aliphatic heterocycles. The molecule has 0 atom stereocenters. The van der Waals surface area contributed by atoms with Crippen molar-refractivity contribution in [1.29, 1.82) is 0 Å². The van der Waals surface area contributed by atoms with Crippen LogP contribution in [0.1, 0.15) is 44.9 Å². The third-order valence-electron chi connectivity index (χ3n) is 4.75. The van der Waals surface area contributed by atoms with Crippen LogP contribution in [0, 0.1) is 0 Å². The van der Waals surface area contributed by atoms with Gasteiger partial charge in [-0.15, -0.1) is 10.2 Å². The molecule has 1 aliphatic rings. The van der Waals surface area contributed by atoms with Crippen molar-refractivity contribution in [2.45, 2.75) is 56.1 Å². The lowest BCUT2D eigenvalue weighted by Crippen LogP contribution is -2.36. The topological polar surface area (TPSA) is 59.8 Å². The van der Waals surface area contributed by atoms with Crippen molar-refractivity contribution in [3.8, 4) is 11.4 Å². The highest BCUT2D eigenvalue weighted by Crippen LogP contribution is 2.28. The maximum atomic E-state index is 12.3. The van der Waals surface area contributed by atoms with Crippen molar-refractivity contribution >= 4 is 29.3 Å². The van der Waals surface area contributed by atoms with Gasteiger partial charge in [0.2, 0.25) is 5.91 Å². The van der Waals surface area contributed by atoms with Crippen molar-refractivity contribution in [1.82, 2.24) is 20.1 Å². The molecule has 0 bridgehead atoms. The second-order valence-corrected chi connectivity index (χ2v) is 8.09. The van der Waals surface area contributed by atoms with Crippen molar-refractivity contribution in [2.75, 3.05) is 5.75 Å². The summed E-state index contributed by atoms with van der Waals surface area (Å²) >= 11 is 7.66. The van der Waals surface area contributed by atoms with E-state index < -0.39 is 0 Å². The standard InChI is InChI=1S/C19H25ClN4OS/c1-24-18(15-11-7-8-12-16(15)20)22-23-19(24)26-13-17(25)21-14-9-5-3-2-4-6-10-14/h7-8,11-12,14H,2-6,9-10,13H2,1H3,(H,21,25). The van der Waals surface area contributed by atoms with Gasteiger partial charge < -0.3 is 9.88 Å². The first-order valence-electron chi connectivity index (χ1n) is 9.21. The van der Waals surface area contributed by atoms with E-state index >= 15 is 0 Å². The van der Waals surface area contributed by atoms with Gasteiger partial charge in [-0.2, -0.15) is 0 Å². The van der Waals surface area contributed by atoms with Crippen LogP contribution in [0.2, 0.25) is 5.02 Å². The van der Waals surface area contributed by atoms with E-state index in [0.29, 0.717) is 27.8 Å². The molecule has 140 valence electrons. The van der Waals surface area contributed by atoms with Crippen LogP contribution in [-0.2, 0) is 11.8 Å². The zero-order chi connectivity index (χ0) is 18.4. The number of aromatic nitrogens is 3. The summed E-state index contributed by atoms with van der Waals surface area (Å²) in [6.45, 7) is 0. The molecule has 2 aromatic rings. The van der Waals surface area contributed by atoms with Crippen molar-refractivity contribution in [3.05, 3.63) is 29.3 Å². The highest BCUT2D eigenvalue weighted by molar-refractivity contribution is 7.99. The van der Waals surface area contributed by atoms with E-state index in [2.05, 4.69) is 15.5 Å². The number of carbonyl (C=O) groups excluding carboxylic acids is 1. The lowest BCUT2D eigenvalue weighted by Gasteiger charge is -2.20. The Kier molecular flexibility index (Phi) is 6.97. The Labute approximate surface area is 163 Å². The third kappa shape index (κ3) is 5.01. The second-order valence-electron chi connectivity index (χ2n) is 6.74. The average Bonchev–Trinajstić information content (AvgIpc) is 2.96. The maximum Gasteiger partial charge on any atom is 0.230 e. The summed E-state index contributed by atoms with van der Waals surface area (Å²) in [5, 5.41) is 13.0. The minimum absolute atomic E-state index is 0.0721. The van der Waals surface area contributed by atoms with Crippen LogP contribution in [0.3, 0.4) is 0 Å². The first-order valence-corrected chi connectivity index (χ1v) is 10.6.